The van der Waals surface area contributed by atoms with Gasteiger partial charge < -0.3 is 20.9 Å². The highest BCUT2D eigenvalue weighted by Gasteiger charge is 1.99. The third kappa shape index (κ3) is 4.75. The number of rotatable bonds is 5. The lowest BCUT2D eigenvalue weighted by molar-refractivity contribution is 0.402. The molecule has 0 fully saturated rings. The Morgan fingerprint density at radius 3 is 2.92 bits per heavy atom. The van der Waals surface area contributed by atoms with E-state index in [1.54, 1.807) is 0 Å². The normalized spacial score (nSPS) is 16.4. The van der Waals surface area contributed by atoms with Gasteiger partial charge in [-0.2, -0.15) is 0 Å². The Morgan fingerprint density at radius 2 is 2.31 bits per heavy atom. The van der Waals surface area contributed by atoms with Crippen molar-refractivity contribution in [3.63, 3.8) is 0 Å². The van der Waals surface area contributed by atoms with Gasteiger partial charge in [-0.25, -0.2) is 0 Å². The van der Waals surface area contributed by atoms with Crippen LogP contribution >= 0.6 is 0 Å². The van der Waals surface area contributed by atoms with Crippen LogP contribution in [-0.4, -0.2) is 51.7 Å². The lowest BCUT2D eigenvalue weighted by atomic mass is 10.3. The van der Waals surface area contributed by atoms with Crippen molar-refractivity contribution >= 4 is 0 Å². The van der Waals surface area contributed by atoms with Crippen molar-refractivity contribution in [3.8, 4) is 0 Å². The Hall–Kier alpha value is -0.740. The largest absolute Gasteiger partial charge is 0.388 e. The van der Waals surface area contributed by atoms with Crippen molar-refractivity contribution < 1.29 is 0 Å². The van der Waals surface area contributed by atoms with Crippen LogP contribution in [0.5, 0.6) is 0 Å². The molecule has 0 aliphatic carbocycles. The van der Waals surface area contributed by atoms with E-state index < -0.39 is 0 Å². The summed E-state index contributed by atoms with van der Waals surface area (Å²) in [6.07, 6.45) is 2.05. The van der Waals surface area contributed by atoms with Crippen LogP contribution in [0.2, 0.25) is 0 Å². The average molecular weight is 184 g/mol. The molecule has 0 atom stereocenters. The molecule has 0 spiro atoms. The zero-order valence-corrected chi connectivity index (χ0v) is 8.56. The fourth-order valence-corrected chi connectivity index (χ4v) is 1.18. The van der Waals surface area contributed by atoms with Gasteiger partial charge in [0, 0.05) is 44.6 Å². The van der Waals surface area contributed by atoms with Gasteiger partial charge in [0.2, 0.25) is 0 Å². The Labute approximate surface area is 80.4 Å². The van der Waals surface area contributed by atoms with Crippen LogP contribution in [0.15, 0.2) is 11.9 Å². The molecule has 1 aliphatic rings. The van der Waals surface area contributed by atoms with E-state index in [0.717, 1.165) is 32.7 Å². The molecule has 0 saturated carbocycles. The highest BCUT2D eigenvalue weighted by molar-refractivity contribution is 5.03. The van der Waals surface area contributed by atoms with E-state index >= 15 is 0 Å². The van der Waals surface area contributed by atoms with Crippen LogP contribution in [0.1, 0.15) is 0 Å². The van der Waals surface area contributed by atoms with Crippen molar-refractivity contribution in [1.82, 2.24) is 20.9 Å². The number of hydrogen-bond acceptors (Lipinski definition) is 4. The van der Waals surface area contributed by atoms with Gasteiger partial charge in [-0.15, -0.1) is 0 Å². The molecule has 0 unspecified atom stereocenters. The monoisotopic (exact) mass is 184 g/mol. The Morgan fingerprint density at radius 1 is 1.46 bits per heavy atom. The zero-order chi connectivity index (χ0) is 9.52. The van der Waals surface area contributed by atoms with Gasteiger partial charge in [0.05, 0.1) is 0 Å². The maximum atomic E-state index is 3.37. The Balaban J connectivity index is 2.01. The minimum atomic E-state index is 0.931. The Bertz CT molecular complexity index is 165. The van der Waals surface area contributed by atoms with Crippen LogP contribution in [-0.2, 0) is 0 Å². The van der Waals surface area contributed by atoms with Crippen molar-refractivity contribution in [2.45, 2.75) is 0 Å². The molecule has 4 nitrogen and oxygen atoms in total. The molecule has 0 amide bonds. The van der Waals surface area contributed by atoms with E-state index in [4.69, 9.17) is 0 Å². The summed E-state index contributed by atoms with van der Waals surface area (Å²) < 4.78 is 0. The standard InChI is InChI=1S/C9H20N4/c1-13(2)6-5-11-8-9-7-10-3-4-12-9/h7,10-12H,3-6,8H2,1-2H3. The van der Waals surface area contributed by atoms with Gasteiger partial charge in [0.25, 0.3) is 0 Å². The zero-order valence-electron chi connectivity index (χ0n) is 8.56. The molecule has 0 aromatic carbocycles. The summed E-state index contributed by atoms with van der Waals surface area (Å²) in [7, 11) is 4.17. The van der Waals surface area contributed by atoms with Crippen molar-refractivity contribution in [2.75, 3.05) is 46.8 Å². The minimum Gasteiger partial charge on any atom is -0.388 e. The predicted octanol–water partition coefficient (Wildman–Crippen LogP) is -0.828. The van der Waals surface area contributed by atoms with Gasteiger partial charge >= 0.3 is 0 Å². The molecular formula is C9H20N4. The molecule has 1 heterocycles. The SMILES string of the molecule is CN(C)CCNCC1=CNCCN1. The molecule has 1 rings (SSSR count). The van der Waals surface area contributed by atoms with Gasteiger partial charge in [-0.1, -0.05) is 0 Å². The van der Waals surface area contributed by atoms with E-state index in [1.807, 2.05) is 6.20 Å². The summed E-state index contributed by atoms with van der Waals surface area (Å²) in [4.78, 5) is 2.17. The Kier molecular flexibility index (Phi) is 4.64. The van der Waals surface area contributed by atoms with E-state index in [-0.39, 0.29) is 0 Å². The first-order valence-electron chi connectivity index (χ1n) is 4.81. The van der Waals surface area contributed by atoms with E-state index in [0.29, 0.717) is 0 Å². The second-order valence-electron chi connectivity index (χ2n) is 3.53. The summed E-state index contributed by atoms with van der Waals surface area (Å²) in [5.41, 5.74) is 1.25. The maximum absolute atomic E-state index is 3.37. The van der Waals surface area contributed by atoms with Crippen LogP contribution in [0.25, 0.3) is 0 Å². The summed E-state index contributed by atoms with van der Waals surface area (Å²) in [5, 5.41) is 9.91. The van der Waals surface area contributed by atoms with Gasteiger partial charge in [0.15, 0.2) is 0 Å². The fourth-order valence-electron chi connectivity index (χ4n) is 1.18. The number of hydrogen-bond donors (Lipinski definition) is 3. The van der Waals surface area contributed by atoms with Crippen molar-refractivity contribution in [3.05, 3.63) is 11.9 Å². The number of nitrogens with zero attached hydrogens (tertiary/aromatic N) is 1. The third-order valence-electron chi connectivity index (χ3n) is 1.95. The lowest BCUT2D eigenvalue weighted by Gasteiger charge is -2.18. The number of nitrogens with one attached hydrogen (secondary N) is 3. The van der Waals surface area contributed by atoms with Crippen LogP contribution in [0, 0.1) is 0 Å². The molecule has 0 radical (unpaired) electrons. The van der Waals surface area contributed by atoms with Gasteiger partial charge in [-0.3, -0.25) is 0 Å². The van der Waals surface area contributed by atoms with E-state index in [1.165, 1.54) is 5.70 Å². The van der Waals surface area contributed by atoms with E-state index in [2.05, 4.69) is 34.9 Å². The highest BCUT2D eigenvalue weighted by atomic mass is 15.1. The second-order valence-corrected chi connectivity index (χ2v) is 3.53. The molecular weight excluding hydrogens is 164 g/mol. The van der Waals surface area contributed by atoms with Gasteiger partial charge in [0.1, 0.15) is 0 Å². The minimum absolute atomic E-state index is 0.931. The molecule has 76 valence electrons. The topological polar surface area (TPSA) is 39.3 Å². The fraction of sp³-hybridized carbons (Fsp3) is 0.778. The number of likely N-dealkylation sites (N-methyl/N-ethyl adjacent to an activating group) is 1. The first kappa shape index (κ1) is 10.3. The first-order valence-corrected chi connectivity index (χ1v) is 4.81. The molecule has 0 aromatic rings. The predicted molar refractivity (Wildman–Crippen MR) is 55.5 cm³/mol. The quantitative estimate of drug-likeness (QED) is 0.488. The van der Waals surface area contributed by atoms with Crippen LogP contribution < -0.4 is 16.0 Å². The van der Waals surface area contributed by atoms with Crippen molar-refractivity contribution in [2.24, 2.45) is 0 Å². The highest BCUT2D eigenvalue weighted by Crippen LogP contribution is 1.87. The maximum Gasteiger partial charge on any atom is 0.0407 e. The lowest BCUT2D eigenvalue weighted by Crippen LogP contribution is -2.37. The third-order valence-corrected chi connectivity index (χ3v) is 1.95. The smallest absolute Gasteiger partial charge is 0.0407 e. The first-order chi connectivity index (χ1) is 6.29. The summed E-state index contributed by atoms with van der Waals surface area (Å²) in [5.74, 6) is 0. The molecule has 0 saturated heterocycles. The van der Waals surface area contributed by atoms with Gasteiger partial charge in [-0.05, 0) is 14.1 Å². The second kappa shape index (κ2) is 5.83. The molecule has 1 aliphatic heterocycles. The summed E-state index contributed by atoms with van der Waals surface area (Å²) in [6.45, 7) is 5.11. The molecule has 4 heteroatoms. The average Bonchev–Trinajstić information content (AvgIpc) is 2.14. The molecule has 0 bridgehead atoms. The van der Waals surface area contributed by atoms with E-state index in [9.17, 15) is 0 Å². The molecule has 3 N–H and O–H groups in total. The summed E-state index contributed by atoms with van der Waals surface area (Å²) >= 11 is 0. The van der Waals surface area contributed by atoms with Crippen LogP contribution in [0.4, 0.5) is 0 Å². The molecule has 13 heavy (non-hydrogen) atoms. The van der Waals surface area contributed by atoms with Crippen LogP contribution in [0.3, 0.4) is 0 Å². The van der Waals surface area contributed by atoms with Crippen molar-refractivity contribution in [1.29, 1.82) is 0 Å². The summed E-state index contributed by atoms with van der Waals surface area (Å²) in [6, 6.07) is 0. The molecule has 0 aromatic heterocycles.